The monoisotopic (exact) mass is 587 g/mol. The number of unbranched alkanes of at least 4 members (excludes halogenated alkanes) is 2. The molecule has 3 amide bonds. The highest BCUT2D eigenvalue weighted by Crippen LogP contribution is 2.25. The molecule has 0 spiro atoms. The quantitative estimate of drug-likeness (QED) is 0.206. The molecule has 3 aromatic rings. The van der Waals surface area contributed by atoms with E-state index in [1.165, 1.54) is 12.1 Å². The van der Waals surface area contributed by atoms with Gasteiger partial charge in [-0.1, -0.05) is 92.1 Å². The summed E-state index contributed by atoms with van der Waals surface area (Å²) in [6.07, 6.45) is 1.92. The zero-order chi connectivity index (χ0) is 31.4. The lowest BCUT2D eigenvalue weighted by Gasteiger charge is -2.35. The summed E-state index contributed by atoms with van der Waals surface area (Å²) < 4.78 is 5.51. The molecule has 0 saturated carbocycles. The van der Waals surface area contributed by atoms with E-state index >= 15 is 0 Å². The van der Waals surface area contributed by atoms with Crippen LogP contribution in [0, 0.1) is 6.92 Å². The van der Waals surface area contributed by atoms with Gasteiger partial charge in [-0.15, -0.1) is 0 Å². The number of hydrogen-bond acceptors (Lipinski definition) is 5. The van der Waals surface area contributed by atoms with Crippen LogP contribution in [0.25, 0.3) is 0 Å². The smallest absolute Gasteiger partial charge is 0.408 e. The fourth-order valence-electron chi connectivity index (χ4n) is 4.81. The maximum absolute atomic E-state index is 14.5. The van der Waals surface area contributed by atoms with Crippen LogP contribution in [0.15, 0.2) is 78.9 Å². The number of nitrogens with one attached hydrogen (secondary N) is 2. The molecular weight excluding hydrogens is 542 g/mol. The number of benzene rings is 3. The van der Waals surface area contributed by atoms with Gasteiger partial charge in [0.15, 0.2) is 0 Å². The largest absolute Gasteiger partial charge is 0.508 e. The van der Waals surface area contributed by atoms with Crippen molar-refractivity contribution in [2.45, 2.75) is 84.5 Å². The Labute approximate surface area is 255 Å². The van der Waals surface area contributed by atoms with E-state index in [2.05, 4.69) is 17.6 Å². The highest BCUT2D eigenvalue weighted by Gasteiger charge is 2.36. The van der Waals surface area contributed by atoms with Crippen LogP contribution in [-0.4, -0.2) is 46.1 Å². The summed E-state index contributed by atoms with van der Waals surface area (Å²) in [5.41, 5.74) is 2.57. The number of hydrogen-bond donors (Lipinski definition) is 3. The molecule has 3 N–H and O–H groups in total. The molecule has 0 aliphatic heterocycles. The second kappa shape index (κ2) is 15.8. The van der Waals surface area contributed by atoms with Crippen LogP contribution >= 0.6 is 0 Å². The van der Waals surface area contributed by atoms with E-state index in [1.54, 1.807) is 37.8 Å². The molecule has 0 aliphatic rings. The van der Waals surface area contributed by atoms with Crippen molar-refractivity contribution in [1.29, 1.82) is 0 Å². The Balaban J connectivity index is 2.02. The van der Waals surface area contributed by atoms with Crippen molar-refractivity contribution in [3.8, 4) is 5.75 Å². The molecule has 43 heavy (non-hydrogen) atoms. The van der Waals surface area contributed by atoms with Crippen LogP contribution in [0.1, 0.15) is 75.3 Å². The molecule has 0 heterocycles. The van der Waals surface area contributed by atoms with Gasteiger partial charge >= 0.3 is 6.09 Å². The maximum Gasteiger partial charge on any atom is 0.408 e. The molecular formula is C35H45N3O5. The van der Waals surface area contributed by atoms with Gasteiger partial charge in [0.1, 0.15) is 23.4 Å². The van der Waals surface area contributed by atoms with E-state index in [0.29, 0.717) is 25.1 Å². The molecule has 8 nitrogen and oxygen atoms in total. The average Bonchev–Trinajstić information content (AvgIpc) is 2.95. The molecule has 230 valence electrons. The zero-order valence-corrected chi connectivity index (χ0v) is 25.9. The molecule has 0 saturated heterocycles. The minimum Gasteiger partial charge on any atom is -0.508 e. The Kier molecular flexibility index (Phi) is 12.2. The van der Waals surface area contributed by atoms with Gasteiger partial charge in [0.25, 0.3) is 0 Å². The first kappa shape index (κ1) is 33.2. The number of phenols is 1. The predicted molar refractivity (Wildman–Crippen MR) is 168 cm³/mol. The number of aromatic hydroxyl groups is 1. The molecule has 2 atom stereocenters. The molecule has 0 bridgehead atoms. The van der Waals surface area contributed by atoms with Crippen molar-refractivity contribution in [3.63, 3.8) is 0 Å². The standard InChI is InChI=1S/C35H45N3O5/c1-6-7-11-21-38(31(28-16-12-13-25(2)22-28)32(40)36-24-27-14-9-8-10-15-27)33(41)30(37-34(42)43-35(3,4)5)23-26-17-19-29(39)20-18-26/h8-10,12-20,22,30-31,39H,6-7,11,21,23-24H2,1-5H3,(H,36,40)(H,37,42). The second-order valence-corrected chi connectivity index (χ2v) is 11.8. The SMILES string of the molecule is CCCCCN(C(=O)C(Cc1ccc(O)cc1)NC(=O)OC(C)(C)C)C(C(=O)NCc1ccccc1)c1cccc(C)c1. The fourth-order valence-corrected chi connectivity index (χ4v) is 4.81. The molecule has 2 unspecified atom stereocenters. The van der Waals surface area contributed by atoms with Crippen LogP contribution < -0.4 is 10.6 Å². The van der Waals surface area contributed by atoms with Gasteiger partial charge in [0, 0.05) is 19.5 Å². The van der Waals surface area contributed by atoms with Crippen molar-refractivity contribution in [2.75, 3.05) is 6.54 Å². The summed E-state index contributed by atoms with van der Waals surface area (Å²) in [6, 6.07) is 21.8. The zero-order valence-electron chi connectivity index (χ0n) is 25.9. The van der Waals surface area contributed by atoms with E-state index in [4.69, 9.17) is 4.74 Å². The number of alkyl carbamates (subject to hydrolysis) is 1. The van der Waals surface area contributed by atoms with E-state index in [0.717, 1.165) is 29.5 Å². The van der Waals surface area contributed by atoms with E-state index in [9.17, 15) is 19.5 Å². The number of nitrogens with zero attached hydrogens (tertiary/aromatic N) is 1. The summed E-state index contributed by atoms with van der Waals surface area (Å²) in [7, 11) is 0. The number of aryl methyl sites for hydroxylation is 1. The van der Waals surface area contributed by atoms with Gasteiger partial charge in [0.05, 0.1) is 0 Å². The van der Waals surface area contributed by atoms with Gasteiger partial charge < -0.3 is 25.4 Å². The summed E-state index contributed by atoms with van der Waals surface area (Å²) in [4.78, 5) is 43.1. The van der Waals surface area contributed by atoms with Crippen molar-refractivity contribution in [2.24, 2.45) is 0 Å². The predicted octanol–water partition coefficient (Wildman–Crippen LogP) is 6.21. The lowest BCUT2D eigenvalue weighted by molar-refractivity contribution is -0.142. The minimum absolute atomic E-state index is 0.0996. The third-order valence-corrected chi connectivity index (χ3v) is 6.88. The van der Waals surface area contributed by atoms with E-state index in [-0.39, 0.29) is 18.1 Å². The van der Waals surface area contributed by atoms with Crippen LogP contribution in [0.3, 0.4) is 0 Å². The lowest BCUT2D eigenvalue weighted by Crippen LogP contribution is -2.54. The first-order valence-corrected chi connectivity index (χ1v) is 14.9. The fraction of sp³-hybridized carbons (Fsp3) is 0.400. The number of carbonyl (C=O) groups excluding carboxylic acids is 3. The Bertz CT molecular complexity index is 1340. The minimum atomic E-state index is -1.02. The van der Waals surface area contributed by atoms with Crippen molar-refractivity contribution >= 4 is 17.9 Å². The van der Waals surface area contributed by atoms with Crippen LogP contribution in [0.5, 0.6) is 5.75 Å². The summed E-state index contributed by atoms with van der Waals surface area (Å²) in [6.45, 7) is 9.93. The van der Waals surface area contributed by atoms with Gasteiger partial charge in [-0.05, 0) is 62.9 Å². The lowest BCUT2D eigenvalue weighted by atomic mass is 9.98. The number of rotatable bonds is 13. The molecule has 0 fully saturated rings. The molecule has 3 rings (SSSR count). The van der Waals surface area contributed by atoms with Gasteiger partial charge in [-0.2, -0.15) is 0 Å². The third-order valence-electron chi connectivity index (χ3n) is 6.88. The number of carbonyl (C=O) groups is 3. The Morgan fingerprint density at radius 3 is 2.23 bits per heavy atom. The Morgan fingerprint density at radius 2 is 1.60 bits per heavy atom. The Morgan fingerprint density at radius 1 is 0.907 bits per heavy atom. The van der Waals surface area contributed by atoms with E-state index < -0.39 is 29.7 Å². The van der Waals surface area contributed by atoms with Gasteiger partial charge in [0.2, 0.25) is 11.8 Å². The van der Waals surface area contributed by atoms with E-state index in [1.807, 2.05) is 61.5 Å². The summed E-state index contributed by atoms with van der Waals surface area (Å²) in [5.74, 6) is -0.598. The summed E-state index contributed by atoms with van der Waals surface area (Å²) >= 11 is 0. The molecule has 8 heteroatoms. The molecule has 0 aromatic heterocycles. The maximum atomic E-state index is 14.5. The van der Waals surface area contributed by atoms with Crippen LogP contribution in [0.2, 0.25) is 0 Å². The van der Waals surface area contributed by atoms with Crippen molar-refractivity contribution < 1.29 is 24.2 Å². The van der Waals surface area contributed by atoms with Gasteiger partial charge in [-0.25, -0.2) is 4.79 Å². The average molecular weight is 588 g/mol. The number of phenolic OH excluding ortho intramolecular Hbond substituents is 1. The normalized spacial score (nSPS) is 12.6. The highest BCUT2D eigenvalue weighted by molar-refractivity contribution is 5.92. The van der Waals surface area contributed by atoms with Crippen molar-refractivity contribution in [1.82, 2.24) is 15.5 Å². The molecule has 3 aromatic carbocycles. The third kappa shape index (κ3) is 10.8. The van der Waals surface area contributed by atoms with Crippen LogP contribution in [0.4, 0.5) is 4.79 Å². The van der Waals surface area contributed by atoms with Gasteiger partial charge in [-0.3, -0.25) is 9.59 Å². The molecule has 0 aliphatic carbocycles. The molecule has 0 radical (unpaired) electrons. The second-order valence-electron chi connectivity index (χ2n) is 11.8. The summed E-state index contributed by atoms with van der Waals surface area (Å²) in [5, 5.41) is 15.6. The van der Waals surface area contributed by atoms with Crippen molar-refractivity contribution in [3.05, 3.63) is 101 Å². The highest BCUT2D eigenvalue weighted by atomic mass is 16.6. The number of amides is 3. The Hall–Kier alpha value is -4.33. The number of ether oxygens (including phenoxy) is 1. The van der Waals surface area contributed by atoms with Crippen LogP contribution in [-0.2, 0) is 27.3 Å². The topological polar surface area (TPSA) is 108 Å². The first-order chi connectivity index (χ1) is 20.5. The first-order valence-electron chi connectivity index (χ1n) is 14.9.